The maximum absolute atomic E-state index is 13.4. The van der Waals surface area contributed by atoms with E-state index in [9.17, 15) is 9.90 Å². The maximum atomic E-state index is 13.4. The largest absolute Gasteiger partial charge is 0.472 e. The monoisotopic (exact) mass is 376 g/mol. The van der Waals surface area contributed by atoms with E-state index in [1.807, 2.05) is 19.9 Å². The van der Waals surface area contributed by atoms with Gasteiger partial charge in [-0.3, -0.25) is 4.79 Å². The molecule has 1 spiro atoms. The third-order valence-corrected chi connectivity index (χ3v) is 8.69. The predicted octanol–water partition coefficient (Wildman–Crippen LogP) is 3.20. The van der Waals surface area contributed by atoms with Gasteiger partial charge in [0, 0.05) is 25.5 Å². The van der Waals surface area contributed by atoms with Crippen LogP contribution in [-0.2, 0) is 19.0 Å². The number of carbonyl (C=O) groups is 1. The summed E-state index contributed by atoms with van der Waals surface area (Å²) in [6, 6.07) is 1.86. The minimum Gasteiger partial charge on any atom is -0.472 e. The number of furan rings is 1. The SMILES string of the molecule is CO[C@@]12C[C@@H](C)[C@]3(C[C@H](c4ccoc4)OC3=O)[C@H]3CC[C@@H](O1)[C@](C)(O)[C@]32C. The first-order valence-electron chi connectivity index (χ1n) is 9.91. The van der Waals surface area contributed by atoms with Crippen LogP contribution in [0.2, 0.25) is 0 Å². The van der Waals surface area contributed by atoms with Crippen LogP contribution >= 0.6 is 0 Å². The molecule has 27 heavy (non-hydrogen) atoms. The molecule has 2 aliphatic heterocycles. The first-order chi connectivity index (χ1) is 12.7. The van der Waals surface area contributed by atoms with Crippen molar-refractivity contribution < 1.29 is 28.5 Å². The summed E-state index contributed by atoms with van der Waals surface area (Å²) in [6.45, 7) is 6.00. The van der Waals surface area contributed by atoms with E-state index in [2.05, 4.69) is 6.92 Å². The van der Waals surface area contributed by atoms with Crippen LogP contribution in [0.25, 0.3) is 0 Å². The van der Waals surface area contributed by atoms with E-state index in [-0.39, 0.29) is 30.0 Å². The molecule has 148 valence electrons. The number of aliphatic hydroxyl groups is 1. The Bertz CT molecular complexity index is 772. The highest BCUT2D eigenvalue weighted by molar-refractivity contribution is 5.81. The highest BCUT2D eigenvalue weighted by Gasteiger charge is 2.81. The average molecular weight is 376 g/mol. The van der Waals surface area contributed by atoms with Crippen LogP contribution in [-0.4, -0.2) is 35.7 Å². The lowest BCUT2D eigenvalue weighted by atomic mass is 9.42. The summed E-state index contributed by atoms with van der Waals surface area (Å²) >= 11 is 0. The first kappa shape index (κ1) is 17.7. The Hall–Kier alpha value is -1.37. The summed E-state index contributed by atoms with van der Waals surface area (Å²) in [5.41, 5.74) is -1.51. The topological polar surface area (TPSA) is 78.1 Å². The van der Waals surface area contributed by atoms with Crippen molar-refractivity contribution in [3.8, 4) is 0 Å². The summed E-state index contributed by atoms with van der Waals surface area (Å²) in [6.07, 6.45) is 5.39. The van der Waals surface area contributed by atoms with Gasteiger partial charge in [-0.25, -0.2) is 0 Å². The van der Waals surface area contributed by atoms with E-state index in [0.29, 0.717) is 12.8 Å². The summed E-state index contributed by atoms with van der Waals surface area (Å²) in [5.74, 6) is -1.08. The number of hydrogen-bond donors (Lipinski definition) is 1. The molecule has 0 aromatic carbocycles. The van der Waals surface area contributed by atoms with Gasteiger partial charge >= 0.3 is 5.97 Å². The van der Waals surface area contributed by atoms with Crippen molar-refractivity contribution >= 4 is 5.97 Å². The van der Waals surface area contributed by atoms with E-state index in [4.69, 9.17) is 18.6 Å². The summed E-state index contributed by atoms with van der Waals surface area (Å²) in [5, 5.41) is 11.5. The third-order valence-electron chi connectivity index (χ3n) is 8.69. The Morgan fingerprint density at radius 3 is 2.70 bits per heavy atom. The molecule has 4 aliphatic rings. The Morgan fingerprint density at radius 1 is 1.26 bits per heavy atom. The molecule has 2 bridgehead atoms. The Kier molecular flexibility index (Phi) is 3.38. The van der Waals surface area contributed by atoms with Crippen molar-refractivity contribution in [3.63, 3.8) is 0 Å². The lowest BCUT2D eigenvalue weighted by Gasteiger charge is -2.62. The van der Waals surface area contributed by atoms with Gasteiger partial charge in [-0.05, 0) is 37.7 Å². The van der Waals surface area contributed by atoms with Crippen molar-refractivity contribution in [3.05, 3.63) is 24.2 Å². The van der Waals surface area contributed by atoms with E-state index in [1.54, 1.807) is 19.6 Å². The fraction of sp³-hybridized carbons (Fsp3) is 0.762. The van der Waals surface area contributed by atoms with Gasteiger partial charge in [-0.1, -0.05) is 13.8 Å². The number of hydrogen-bond acceptors (Lipinski definition) is 6. The standard InChI is InChI=1S/C21H28O6/c1-12-9-21(24-4)18(2)15(5-6-16(27-21)19(18,3)23)20(12)10-14(26-17(20)22)13-7-8-25-11-13/h7-8,11-12,14-16,23H,5-6,9-10H2,1-4H3/t12-,14-,15+,16-,18+,19+,20-,21+/m1/s1. The zero-order chi connectivity index (χ0) is 19.2. The van der Waals surface area contributed by atoms with Gasteiger partial charge in [-0.2, -0.15) is 0 Å². The van der Waals surface area contributed by atoms with E-state index < -0.39 is 22.2 Å². The minimum atomic E-state index is -1.06. The molecule has 2 aliphatic carbocycles. The fourth-order valence-corrected chi connectivity index (χ4v) is 7.06. The van der Waals surface area contributed by atoms with Crippen LogP contribution in [0.3, 0.4) is 0 Å². The molecule has 1 aromatic heterocycles. The maximum Gasteiger partial charge on any atom is 0.313 e. The highest BCUT2D eigenvalue weighted by atomic mass is 16.7. The van der Waals surface area contributed by atoms with Crippen LogP contribution < -0.4 is 0 Å². The third kappa shape index (κ3) is 1.76. The van der Waals surface area contributed by atoms with E-state index >= 15 is 0 Å². The molecule has 4 fully saturated rings. The van der Waals surface area contributed by atoms with E-state index in [0.717, 1.165) is 18.4 Å². The molecule has 3 heterocycles. The van der Waals surface area contributed by atoms with Crippen molar-refractivity contribution in [2.24, 2.45) is 22.7 Å². The van der Waals surface area contributed by atoms with Gasteiger partial charge in [0.05, 0.1) is 35.1 Å². The molecule has 6 heteroatoms. The summed E-state index contributed by atoms with van der Waals surface area (Å²) < 4.78 is 23.5. The number of cyclic esters (lactones) is 1. The first-order valence-corrected chi connectivity index (χ1v) is 9.91. The average Bonchev–Trinajstić information content (AvgIpc) is 3.27. The molecular weight excluding hydrogens is 348 g/mol. The number of fused-ring (bicyclic) bond motifs is 2. The normalized spacial score (nSPS) is 53.7. The van der Waals surface area contributed by atoms with Gasteiger partial charge in [0.1, 0.15) is 6.10 Å². The highest BCUT2D eigenvalue weighted by Crippen LogP contribution is 2.74. The number of methoxy groups -OCH3 is 1. The number of esters is 1. The lowest BCUT2D eigenvalue weighted by molar-refractivity contribution is -0.308. The summed E-state index contributed by atoms with van der Waals surface area (Å²) in [7, 11) is 1.66. The van der Waals surface area contributed by atoms with Crippen molar-refractivity contribution in [1.29, 1.82) is 0 Å². The predicted molar refractivity (Wildman–Crippen MR) is 94.4 cm³/mol. The molecule has 2 saturated carbocycles. The number of ether oxygens (including phenoxy) is 3. The second-order valence-electron chi connectivity index (χ2n) is 9.34. The molecule has 0 amide bonds. The summed E-state index contributed by atoms with van der Waals surface area (Å²) in [4.78, 5) is 13.4. The van der Waals surface area contributed by atoms with Crippen LogP contribution in [0.15, 0.2) is 23.0 Å². The van der Waals surface area contributed by atoms with Crippen LogP contribution in [0.5, 0.6) is 0 Å². The molecule has 1 aromatic rings. The van der Waals surface area contributed by atoms with Gasteiger partial charge in [0.15, 0.2) is 5.79 Å². The van der Waals surface area contributed by atoms with Crippen molar-refractivity contribution in [2.45, 2.75) is 70.1 Å². The number of carbonyl (C=O) groups excluding carboxylic acids is 1. The lowest BCUT2D eigenvalue weighted by Crippen LogP contribution is -2.69. The molecule has 5 rings (SSSR count). The quantitative estimate of drug-likeness (QED) is 0.799. The zero-order valence-corrected chi connectivity index (χ0v) is 16.4. The Morgan fingerprint density at radius 2 is 2.04 bits per heavy atom. The molecule has 1 N–H and O–H groups in total. The van der Waals surface area contributed by atoms with Crippen LogP contribution in [0.4, 0.5) is 0 Å². The van der Waals surface area contributed by atoms with Gasteiger partial charge in [0.2, 0.25) is 0 Å². The fourth-order valence-electron chi connectivity index (χ4n) is 7.06. The van der Waals surface area contributed by atoms with Gasteiger partial charge < -0.3 is 23.7 Å². The van der Waals surface area contributed by atoms with Gasteiger partial charge in [-0.15, -0.1) is 0 Å². The van der Waals surface area contributed by atoms with Gasteiger partial charge in [0.25, 0.3) is 0 Å². The second-order valence-corrected chi connectivity index (χ2v) is 9.34. The van der Waals surface area contributed by atoms with Crippen LogP contribution in [0, 0.1) is 22.7 Å². The zero-order valence-electron chi connectivity index (χ0n) is 16.4. The van der Waals surface area contributed by atoms with Crippen molar-refractivity contribution in [2.75, 3.05) is 7.11 Å². The molecule has 6 nitrogen and oxygen atoms in total. The van der Waals surface area contributed by atoms with Crippen LogP contribution in [0.1, 0.15) is 58.1 Å². The second kappa shape index (κ2) is 5.16. The molecule has 2 saturated heterocycles. The molecule has 0 radical (unpaired) electrons. The Balaban J connectivity index is 1.65. The molecule has 8 atom stereocenters. The number of rotatable bonds is 2. The van der Waals surface area contributed by atoms with E-state index in [1.165, 1.54) is 0 Å². The Labute approximate surface area is 159 Å². The minimum absolute atomic E-state index is 0.0209. The smallest absolute Gasteiger partial charge is 0.313 e. The molecular formula is C21H28O6. The van der Waals surface area contributed by atoms with Crippen molar-refractivity contribution in [1.82, 2.24) is 0 Å². The molecule has 0 unspecified atom stereocenters.